The summed E-state index contributed by atoms with van der Waals surface area (Å²) in [6.45, 7) is 6.10. The van der Waals surface area contributed by atoms with Gasteiger partial charge >= 0.3 is 0 Å². The van der Waals surface area contributed by atoms with Crippen molar-refractivity contribution in [1.82, 2.24) is 24.6 Å². The van der Waals surface area contributed by atoms with Crippen LogP contribution in [0.5, 0.6) is 0 Å². The zero-order valence-electron chi connectivity index (χ0n) is 13.8. The topological polar surface area (TPSA) is 63.9 Å². The summed E-state index contributed by atoms with van der Waals surface area (Å²) in [5.74, 6) is 1.31. The third kappa shape index (κ3) is 3.94. The average Bonchev–Trinajstić information content (AvgIpc) is 2.98. The first-order chi connectivity index (χ1) is 11.1. The summed E-state index contributed by atoms with van der Waals surface area (Å²) in [5, 5.41) is 4.33. The van der Waals surface area contributed by atoms with Crippen LogP contribution < -0.4 is 0 Å². The molecule has 0 aromatic carbocycles. The van der Waals surface area contributed by atoms with E-state index in [4.69, 9.17) is 0 Å². The Hall–Kier alpha value is -2.24. The third-order valence-electron chi connectivity index (χ3n) is 4.32. The van der Waals surface area contributed by atoms with Crippen molar-refractivity contribution in [2.45, 2.75) is 45.6 Å². The van der Waals surface area contributed by atoms with Gasteiger partial charge in [0.1, 0.15) is 5.82 Å². The van der Waals surface area contributed by atoms with Crippen LogP contribution in [0, 0.1) is 13.8 Å². The van der Waals surface area contributed by atoms with Crippen molar-refractivity contribution in [3.8, 4) is 0 Å². The summed E-state index contributed by atoms with van der Waals surface area (Å²) < 4.78 is 1.84. The zero-order chi connectivity index (χ0) is 16.2. The van der Waals surface area contributed by atoms with Crippen LogP contribution in [0.25, 0.3) is 0 Å². The molecule has 122 valence electrons. The molecule has 1 saturated heterocycles. The molecular formula is C17H23N5O. The summed E-state index contributed by atoms with van der Waals surface area (Å²) in [5.41, 5.74) is 2.03. The quantitative estimate of drug-likeness (QED) is 0.867. The van der Waals surface area contributed by atoms with E-state index in [2.05, 4.69) is 15.1 Å². The number of nitrogens with zero attached hydrogens (tertiary/aromatic N) is 5. The molecular weight excluding hydrogens is 290 g/mol. The maximum absolute atomic E-state index is 12.5. The van der Waals surface area contributed by atoms with Crippen LogP contribution in [0.3, 0.4) is 0 Å². The Kier molecular flexibility index (Phi) is 4.69. The molecule has 0 unspecified atom stereocenters. The van der Waals surface area contributed by atoms with E-state index in [9.17, 15) is 4.79 Å². The molecule has 0 bridgehead atoms. The normalized spacial score (nSPS) is 18.2. The van der Waals surface area contributed by atoms with E-state index < -0.39 is 0 Å². The van der Waals surface area contributed by atoms with E-state index in [1.807, 2.05) is 41.8 Å². The van der Waals surface area contributed by atoms with E-state index in [1.54, 1.807) is 6.20 Å². The van der Waals surface area contributed by atoms with Crippen LogP contribution in [-0.4, -0.2) is 43.6 Å². The number of carbonyl (C=O) groups excluding carboxylic acids is 1. The molecule has 0 aliphatic carbocycles. The first kappa shape index (κ1) is 15.6. The molecule has 2 aromatic heterocycles. The lowest BCUT2D eigenvalue weighted by Gasteiger charge is -2.32. The number of carbonyl (C=O) groups is 1. The summed E-state index contributed by atoms with van der Waals surface area (Å²) in [6, 6.07) is 3.93. The van der Waals surface area contributed by atoms with Crippen LogP contribution in [0.15, 0.2) is 24.5 Å². The van der Waals surface area contributed by atoms with Crippen LogP contribution >= 0.6 is 0 Å². The van der Waals surface area contributed by atoms with Gasteiger partial charge in [0, 0.05) is 50.1 Å². The van der Waals surface area contributed by atoms with Gasteiger partial charge < -0.3 is 4.90 Å². The number of piperidine rings is 1. The van der Waals surface area contributed by atoms with Gasteiger partial charge in [-0.15, -0.1) is 0 Å². The lowest BCUT2D eigenvalue weighted by molar-refractivity contribution is -0.132. The van der Waals surface area contributed by atoms with Crippen molar-refractivity contribution >= 4 is 5.91 Å². The smallest absolute Gasteiger partial charge is 0.224 e. The first-order valence-electron chi connectivity index (χ1n) is 8.19. The Morgan fingerprint density at radius 1 is 1.35 bits per heavy atom. The molecule has 1 amide bonds. The fourth-order valence-corrected chi connectivity index (χ4v) is 3.10. The molecule has 2 aromatic rings. The van der Waals surface area contributed by atoms with Crippen LogP contribution in [0.2, 0.25) is 0 Å². The van der Waals surface area contributed by atoms with Crippen molar-refractivity contribution in [2.24, 2.45) is 0 Å². The molecule has 0 spiro atoms. The zero-order valence-corrected chi connectivity index (χ0v) is 13.8. The van der Waals surface area contributed by atoms with Gasteiger partial charge in [-0.25, -0.2) is 9.97 Å². The van der Waals surface area contributed by atoms with Gasteiger partial charge in [0.05, 0.1) is 5.69 Å². The Morgan fingerprint density at radius 3 is 2.96 bits per heavy atom. The largest absolute Gasteiger partial charge is 0.342 e. The number of rotatable bonds is 4. The van der Waals surface area contributed by atoms with Crippen LogP contribution in [-0.2, 0) is 11.3 Å². The molecule has 0 N–H and O–H groups in total. The highest BCUT2D eigenvalue weighted by Crippen LogP contribution is 2.25. The van der Waals surface area contributed by atoms with Crippen molar-refractivity contribution in [1.29, 1.82) is 0 Å². The number of aromatic nitrogens is 4. The van der Waals surface area contributed by atoms with Gasteiger partial charge in [0.2, 0.25) is 5.91 Å². The first-order valence-corrected chi connectivity index (χ1v) is 8.19. The second-order valence-electron chi connectivity index (χ2n) is 6.18. The molecule has 3 rings (SSSR count). The number of likely N-dealkylation sites (tertiary alicyclic amines) is 1. The highest BCUT2D eigenvalue weighted by atomic mass is 16.2. The standard InChI is InChI=1S/C17H23N5O/c1-13-6-10-22(20-13)11-7-17(23)21-9-3-4-15(12-21)16-5-8-18-14(2)19-16/h5-6,8,10,15H,3-4,7,9,11-12H2,1-2H3/t15-/m1/s1. The van der Waals surface area contributed by atoms with E-state index in [1.165, 1.54) is 0 Å². The Morgan fingerprint density at radius 2 is 2.22 bits per heavy atom. The molecule has 6 nitrogen and oxygen atoms in total. The van der Waals surface area contributed by atoms with Gasteiger partial charge in [-0.2, -0.15) is 5.10 Å². The van der Waals surface area contributed by atoms with Gasteiger partial charge in [0.15, 0.2) is 0 Å². The van der Waals surface area contributed by atoms with Crippen molar-refractivity contribution in [3.05, 3.63) is 41.7 Å². The Balaban J connectivity index is 1.58. The summed E-state index contributed by atoms with van der Waals surface area (Å²) in [6.07, 6.45) is 6.33. The van der Waals surface area contributed by atoms with Crippen LogP contribution in [0.1, 0.15) is 42.4 Å². The third-order valence-corrected chi connectivity index (χ3v) is 4.32. The second-order valence-corrected chi connectivity index (χ2v) is 6.18. The van der Waals surface area contributed by atoms with Crippen molar-refractivity contribution < 1.29 is 4.79 Å². The van der Waals surface area contributed by atoms with E-state index in [0.29, 0.717) is 18.9 Å². The molecule has 0 radical (unpaired) electrons. The van der Waals surface area contributed by atoms with Gasteiger partial charge in [-0.05, 0) is 38.8 Å². The number of hydrogen-bond acceptors (Lipinski definition) is 4. The molecule has 6 heteroatoms. The van der Waals surface area contributed by atoms with Crippen molar-refractivity contribution in [2.75, 3.05) is 13.1 Å². The Bertz CT molecular complexity index is 681. The molecule has 3 heterocycles. The van der Waals surface area contributed by atoms with Crippen LogP contribution in [0.4, 0.5) is 0 Å². The predicted molar refractivity (Wildman–Crippen MR) is 86.9 cm³/mol. The minimum absolute atomic E-state index is 0.202. The van der Waals surface area contributed by atoms with E-state index in [0.717, 1.165) is 43.1 Å². The maximum Gasteiger partial charge on any atom is 0.224 e. The summed E-state index contributed by atoms with van der Waals surface area (Å²) in [7, 11) is 0. The summed E-state index contributed by atoms with van der Waals surface area (Å²) >= 11 is 0. The van der Waals surface area contributed by atoms with Gasteiger partial charge in [0.25, 0.3) is 0 Å². The van der Waals surface area contributed by atoms with E-state index >= 15 is 0 Å². The fourth-order valence-electron chi connectivity index (χ4n) is 3.10. The Labute approximate surface area is 136 Å². The lowest BCUT2D eigenvalue weighted by atomic mass is 9.94. The maximum atomic E-state index is 12.5. The SMILES string of the molecule is Cc1ccn(CCC(=O)N2CCC[C@@H](c3ccnc(C)n3)C2)n1. The summed E-state index contributed by atoms with van der Waals surface area (Å²) in [4.78, 5) is 23.1. The van der Waals surface area contributed by atoms with E-state index in [-0.39, 0.29) is 5.91 Å². The number of amides is 1. The number of aryl methyl sites for hydroxylation is 3. The second kappa shape index (κ2) is 6.89. The molecule has 23 heavy (non-hydrogen) atoms. The minimum Gasteiger partial charge on any atom is -0.342 e. The highest BCUT2D eigenvalue weighted by molar-refractivity contribution is 5.76. The molecule has 1 atom stereocenters. The van der Waals surface area contributed by atoms with Gasteiger partial charge in [-0.3, -0.25) is 9.48 Å². The van der Waals surface area contributed by atoms with Crippen molar-refractivity contribution in [3.63, 3.8) is 0 Å². The highest BCUT2D eigenvalue weighted by Gasteiger charge is 2.25. The molecule has 1 aliphatic rings. The molecule has 1 aliphatic heterocycles. The predicted octanol–water partition coefficient (Wildman–Crippen LogP) is 2.09. The average molecular weight is 313 g/mol. The monoisotopic (exact) mass is 313 g/mol. The number of hydrogen-bond donors (Lipinski definition) is 0. The minimum atomic E-state index is 0.202. The molecule has 1 fully saturated rings. The van der Waals surface area contributed by atoms with Gasteiger partial charge in [-0.1, -0.05) is 0 Å². The molecule has 0 saturated carbocycles. The fraction of sp³-hybridized carbons (Fsp3) is 0.529. The lowest BCUT2D eigenvalue weighted by Crippen LogP contribution is -2.39.